The van der Waals surface area contributed by atoms with Crippen LogP contribution in [0.2, 0.25) is 0 Å². The average molecular weight is 456 g/mol. The molecule has 0 rings (SSSR count). The number of nitrogens with zero attached hydrogens (tertiary/aromatic N) is 1. The zero-order valence-corrected chi connectivity index (χ0v) is 21.5. The summed E-state index contributed by atoms with van der Waals surface area (Å²) in [6, 6.07) is -0.494. The van der Waals surface area contributed by atoms with E-state index in [0.29, 0.717) is 19.4 Å². The summed E-state index contributed by atoms with van der Waals surface area (Å²) in [5.41, 5.74) is 0. The molecule has 190 valence electrons. The van der Waals surface area contributed by atoms with Gasteiger partial charge in [0.25, 0.3) is 0 Å². The van der Waals surface area contributed by atoms with E-state index >= 15 is 0 Å². The van der Waals surface area contributed by atoms with Crippen molar-refractivity contribution in [3.63, 3.8) is 0 Å². The first kappa shape index (κ1) is 30.9. The fraction of sp³-hybridized carbons (Fsp3) is 0.926. The number of hydrogen-bond acceptors (Lipinski definition) is 4. The second kappa shape index (κ2) is 23.1. The number of carbonyl (C=O) groups excluding carboxylic acids is 1. The predicted octanol–water partition coefficient (Wildman–Crippen LogP) is 7.37. The van der Waals surface area contributed by atoms with E-state index in [1.807, 2.05) is 11.9 Å². The monoisotopic (exact) mass is 455 g/mol. The maximum atomic E-state index is 11.9. The van der Waals surface area contributed by atoms with Gasteiger partial charge in [-0.05, 0) is 19.9 Å². The number of aliphatic carboxylic acids is 1. The standard InChI is InChI=1S/C27H53NO4/c1-4-6-8-10-12-14-16-18-20-22-26(29)32-24-23-28(3)25(27(30)31)21-19-17-15-13-11-9-7-5-2/h25H,4-24H2,1-3H3,(H,30,31). The Labute approximate surface area is 198 Å². The quantitative estimate of drug-likeness (QED) is 0.122. The molecule has 32 heavy (non-hydrogen) atoms. The van der Waals surface area contributed by atoms with E-state index in [0.717, 1.165) is 25.7 Å². The lowest BCUT2D eigenvalue weighted by Crippen LogP contribution is -2.40. The lowest BCUT2D eigenvalue weighted by molar-refractivity contribution is -0.145. The third kappa shape index (κ3) is 19.6. The molecule has 1 atom stereocenters. The Morgan fingerprint density at radius 1 is 0.719 bits per heavy atom. The van der Waals surface area contributed by atoms with Crippen molar-refractivity contribution < 1.29 is 19.4 Å². The van der Waals surface area contributed by atoms with Crippen molar-refractivity contribution in [1.82, 2.24) is 4.90 Å². The van der Waals surface area contributed by atoms with Gasteiger partial charge >= 0.3 is 11.9 Å². The number of carboxylic acids is 1. The highest BCUT2D eigenvalue weighted by Gasteiger charge is 2.22. The predicted molar refractivity (Wildman–Crippen MR) is 134 cm³/mol. The molecule has 1 N–H and O–H groups in total. The number of carboxylic acid groups (broad SMARTS) is 1. The Kier molecular flexibility index (Phi) is 22.3. The summed E-state index contributed by atoms with van der Waals surface area (Å²) in [4.78, 5) is 25.4. The van der Waals surface area contributed by atoms with Crippen LogP contribution < -0.4 is 0 Å². The van der Waals surface area contributed by atoms with E-state index in [-0.39, 0.29) is 12.6 Å². The average Bonchev–Trinajstić information content (AvgIpc) is 2.76. The lowest BCUT2D eigenvalue weighted by Gasteiger charge is -2.24. The van der Waals surface area contributed by atoms with Gasteiger partial charge in [-0.3, -0.25) is 14.5 Å². The first-order valence-corrected chi connectivity index (χ1v) is 13.6. The van der Waals surface area contributed by atoms with Crippen molar-refractivity contribution in [3.05, 3.63) is 0 Å². The third-order valence-electron chi connectivity index (χ3n) is 6.34. The largest absolute Gasteiger partial charge is 0.480 e. The van der Waals surface area contributed by atoms with Crippen LogP contribution in [0, 0.1) is 0 Å². The normalized spacial score (nSPS) is 12.2. The number of unbranched alkanes of at least 4 members (excludes halogenated alkanes) is 15. The lowest BCUT2D eigenvalue weighted by atomic mass is 10.0. The molecule has 0 fully saturated rings. The molecule has 0 aliphatic rings. The summed E-state index contributed by atoms with van der Waals surface area (Å²) in [6.07, 6.45) is 21.8. The van der Waals surface area contributed by atoms with Crippen molar-refractivity contribution in [2.24, 2.45) is 0 Å². The van der Waals surface area contributed by atoms with Crippen LogP contribution in [0.3, 0.4) is 0 Å². The smallest absolute Gasteiger partial charge is 0.320 e. The summed E-state index contributed by atoms with van der Waals surface area (Å²) < 4.78 is 5.33. The molecule has 0 aliphatic carbocycles. The number of carbonyl (C=O) groups is 2. The number of rotatable bonds is 24. The molecular weight excluding hydrogens is 402 g/mol. The van der Waals surface area contributed by atoms with Crippen LogP contribution >= 0.6 is 0 Å². The molecule has 0 bridgehead atoms. The molecule has 0 amide bonds. The van der Waals surface area contributed by atoms with Crippen molar-refractivity contribution in [3.8, 4) is 0 Å². The van der Waals surface area contributed by atoms with Crippen LogP contribution in [0.5, 0.6) is 0 Å². The van der Waals surface area contributed by atoms with Crippen LogP contribution in [0.15, 0.2) is 0 Å². The van der Waals surface area contributed by atoms with Crippen LogP contribution in [0.1, 0.15) is 136 Å². The third-order valence-corrected chi connectivity index (χ3v) is 6.34. The van der Waals surface area contributed by atoms with E-state index in [1.54, 1.807) is 0 Å². The Balaban J connectivity index is 3.75. The van der Waals surface area contributed by atoms with E-state index < -0.39 is 12.0 Å². The maximum Gasteiger partial charge on any atom is 0.320 e. The van der Waals surface area contributed by atoms with Gasteiger partial charge in [0.1, 0.15) is 12.6 Å². The second-order valence-corrected chi connectivity index (χ2v) is 9.40. The summed E-state index contributed by atoms with van der Waals surface area (Å²) >= 11 is 0. The highest BCUT2D eigenvalue weighted by molar-refractivity contribution is 5.73. The highest BCUT2D eigenvalue weighted by Crippen LogP contribution is 2.14. The molecule has 0 radical (unpaired) electrons. The van der Waals surface area contributed by atoms with E-state index in [1.165, 1.54) is 83.5 Å². The molecule has 0 saturated carbocycles. The first-order valence-electron chi connectivity index (χ1n) is 13.6. The second-order valence-electron chi connectivity index (χ2n) is 9.40. The Morgan fingerprint density at radius 2 is 1.16 bits per heavy atom. The molecule has 0 aliphatic heterocycles. The van der Waals surface area contributed by atoms with Crippen molar-refractivity contribution >= 4 is 11.9 Å². The van der Waals surface area contributed by atoms with Gasteiger partial charge in [0.15, 0.2) is 0 Å². The summed E-state index contributed by atoms with van der Waals surface area (Å²) in [7, 11) is 1.82. The minimum Gasteiger partial charge on any atom is -0.480 e. The van der Waals surface area contributed by atoms with Crippen LogP contribution in [0.4, 0.5) is 0 Å². The van der Waals surface area contributed by atoms with Gasteiger partial charge < -0.3 is 9.84 Å². The summed E-state index contributed by atoms with van der Waals surface area (Å²) in [5.74, 6) is -0.937. The van der Waals surface area contributed by atoms with Gasteiger partial charge in [-0.1, -0.05) is 117 Å². The van der Waals surface area contributed by atoms with Gasteiger partial charge in [0, 0.05) is 13.0 Å². The van der Waals surface area contributed by atoms with Crippen LogP contribution in [-0.4, -0.2) is 48.2 Å². The molecule has 1 unspecified atom stereocenters. The zero-order chi connectivity index (χ0) is 23.9. The SMILES string of the molecule is CCCCCCCCCCCC(=O)OCCN(C)C(CCCCCCCCCC)C(=O)O. The van der Waals surface area contributed by atoms with Gasteiger partial charge in [-0.25, -0.2) is 0 Å². The molecule has 5 heteroatoms. The van der Waals surface area contributed by atoms with Gasteiger partial charge in [-0.15, -0.1) is 0 Å². The fourth-order valence-corrected chi connectivity index (χ4v) is 4.12. The Bertz CT molecular complexity index is 441. The number of hydrogen-bond donors (Lipinski definition) is 1. The minimum absolute atomic E-state index is 0.156. The first-order chi connectivity index (χ1) is 15.5. The van der Waals surface area contributed by atoms with Crippen molar-refractivity contribution in [2.75, 3.05) is 20.2 Å². The zero-order valence-electron chi connectivity index (χ0n) is 21.5. The van der Waals surface area contributed by atoms with Gasteiger partial charge in [-0.2, -0.15) is 0 Å². The number of ether oxygens (including phenoxy) is 1. The molecule has 0 aromatic rings. The maximum absolute atomic E-state index is 11.9. The molecule has 0 aromatic carbocycles. The van der Waals surface area contributed by atoms with E-state index in [9.17, 15) is 14.7 Å². The van der Waals surface area contributed by atoms with Crippen molar-refractivity contribution in [2.45, 2.75) is 142 Å². The number of esters is 1. The van der Waals surface area contributed by atoms with Gasteiger partial charge in [0.2, 0.25) is 0 Å². The van der Waals surface area contributed by atoms with Gasteiger partial charge in [0.05, 0.1) is 0 Å². The summed E-state index contributed by atoms with van der Waals surface area (Å²) in [6.45, 7) is 5.20. The highest BCUT2D eigenvalue weighted by atomic mass is 16.5. The number of likely N-dealkylation sites (N-methyl/N-ethyl adjacent to an activating group) is 1. The van der Waals surface area contributed by atoms with E-state index in [2.05, 4.69) is 13.8 Å². The molecule has 5 nitrogen and oxygen atoms in total. The minimum atomic E-state index is -0.781. The van der Waals surface area contributed by atoms with Crippen LogP contribution in [0.25, 0.3) is 0 Å². The van der Waals surface area contributed by atoms with Crippen LogP contribution in [-0.2, 0) is 14.3 Å². The molecule has 0 saturated heterocycles. The molecular formula is C27H53NO4. The topological polar surface area (TPSA) is 66.8 Å². The Hall–Kier alpha value is -1.10. The summed E-state index contributed by atoms with van der Waals surface area (Å²) in [5, 5.41) is 9.55. The molecule has 0 heterocycles. The Morgan fingerprint density at radius 3 is 1.62 bits per heavy atom. The van der Waals surface area contributed by atoms with E-state index in [4.69, 9.17) is 4.74 Å². The van der Waals surface area contributed by atoms with Crippen molar-refractivity contribution in [1.29, 1.82) is 0 Å². The molecule has 0 aromatic heterocycles. The fourth-order valence-electron chi connectivity index (χ4n) is 4.12. The molecule has 0 spiro atoms.